The standard InChI is InChI=1S/C11H8NO2/c1-8-6-9-4-2-3-5-10(9)7-11(8)12(13)14/h2-7H,1H2. The highest BCUT2D eigenvalue weighted by Gasteiger charge is 2.10. The van der Waals surface area contributed by atoms with Gasteiger partial charge in [0, 0.05) is 11.6 Å². The zero-order chi connectivity index (χ0) is 10.1. The second-order valence-corrected chi connectivity index (χ2v) is 3.09. The summed E-state index contributed by atoms with van der Waals surface area (Å²) < 4.78 is 0. The summed E-state index contributed by atoms with van der Waals surface area (Å²) in [5.74, 6) is 0. The van der Waals surface area contributed by atoms with Gasteiger partial charge in [-0.3, -0.25) is 10.1 Å². The van der Waals surface area contributed by atoms with Gasteiger partial charge in [0.2, 0.25) is 0 Å². The lowest BCUT2D eigenvalue weighted by molar-refractivity contribution is -0.385. The van der Waals surface area contributed by atoms with Gasteiger partial charge in [0.1, 0.15) is 0 Å². The molecule has 0 aliphatic carbocycles. The molecular weight excluding hydrogens is 178 g/mol. The number of nitro benzene ring substituents is 1. The van der Waals surface area contributed by atoms with Crippen LogP contribution in [0.2, 0.25) is 0 Å². The second-order valence-electron chi connectivity index (χ2n) is 3.09. The van der Waals surface area contributed by atoms with Crippen LogP contribution in [0.4, 0.5) is 5.69 Å². The fourth-order valence-corrected chi connectivity index (χ4v) is 1.45. The molecule has 0 heterocycles. The Balaban J connectivity index is 2.77. The summed E-state index contributed by atoms with van der Waals surface area (Å²) in [7, 11) is 0. The van der Waals surface area contributed by atoms with Crippen LogP contribution in [-0.2, 0) is 0 Å². The summed E-state index contributed by atoms with van der Waals surface area (Å²) in [6.45, 7) is 3.65. The molecule has 14 heavy (non-hydrogen) atoms. The van der Waals surface area contributed by atoms with Crippen LogP contribution in [-0.4, -0.2) is 4.92 Å². The highest BCUT2D eigenvalue weighted by molar-refractivity contribution is 5.86. The zero-order valence-corrected chi connectivity index (χ0v) is 7.43. The number of rotatable bonds is 1. The van der Waals surface area contributed by atoms with E-state index in [1.165, 1.54) is 0 Å². The fourth-order valence-electron chi connectivity index (χ4n) is 1.45. The van der Waals surface area contributed by atoms with Gasteiger partial charge in [-0.25, -0.2) is 0 Å². The maximum absolute atomic E-state index is 10.6. The van der Waals surface area contributed by atoms with Crippen molar-refractivity contribution in [1.82, 2.24) is 0 Å². The molecule has 0 bridgehead atoms. The normalized spacial score (nSPS) is 10.4. The van der Waals surface area contributed by atoms with E-state index < -0.39 is 4.92 Å². The molecule has 3 nitrogen and oxygen atoms in total. The Hall–Kier alpha value is -1.90. The Kier molecular flexibility index (Phi) is 1.93. The van der Waals surface area contributed by atoms with Crippen molar-refractivity contribution in [2.45, 2.75) is 0 Å². The number of fused-ring (bicyclic) bond motifs is 1. The van der Waals surface area contributed by atoms with E-state index in [0.717, 1.165) is 10.8 Å². The van der Waals surface area contributed by atoms with Gasteiger partial charge in [-0.1, -0.05) is 24.3 Å². The third-order valence-electron chi connectivity index (χ3n) is 2.14. The topological polar surface area (TPSA) is 43.1 Å². The first-order valence-corrected chi connectivity index (χ1v) is 4.17. The monoisotopic (exact) mass is 186 g/mol. The first-order valence-electron chi connectivity index (χ1n) is 4.17. The molecule has 0 aromatic heterocycles. The molecular formula is C11H8NO2. The van der Waals surface area contributed by atoms with Gasteiger partial charge in [0.15, 0.2) is 0 Å². The van der Waals surface area contributed by atoms with E-state index >= 15 is 0 Å². The van der Waals surface area contributed by atoms with Gasteiger partial charge in [-0.05, 0) is 23.8 Å². The molecule has 0 aliphatic rings. The molecule has 0 saturated carbocycles. The summed E-state index contributed by atoms with van der Waals surface area (Å²) in [4.78, 5) is 10.2. The lowest BCUT2D eigenvalue weighted by Gasteiger charge is -2.00. The van der Waals surface area contributed by atoms with Crippen LogP contribution in [0.3, 0.4) is 0 Å². The van der Waals surface area contributed by atoms with E-state index in [0.29, 0.717) is 5.56 Å². The van der Waals surface area contributed by atoms with Gasteiger partial charge >= 0.3 is 0 Å². The van der Waals surface area contributed by atoms with Crippen LogP contribution in [0.1, 0.15) is 5.56 Å². The number of hydrogen-bond donors (Lipinski definition) is 0. The van der Waals surface area contributed by atoms with Crippen molar-refractivity contribution in [2.75, 3.05) is 0 Å². The molecule has 0 aliphatic heterocycles. The van der Waals surface area contributed by atoms with Crippen molar-refractivity contribution in [1.29, 1.82) is 0 Å². The molecule has 3 heteroatoms. The first-order chi connectivity index (χ1) is 6.68. The number of benzene rings is 2. The average Bonchev–Trinajstić information content (AvgIpc) is 2.16. The lowest BCUT2D eigenvalue weighted by atomic mass is 10.1. The van der Waals surface area contributed by atoms with Gasteiger partial charge in [-0.2, -0.15) is 0 Å². The minimum atomic E-state index is -0.408. The molecule has 2 aromatic rings. The van der Waals surface area contributed by atoms with Crippen molar-refractivity contribution in [3.63, 3.8) is 0 Å². The van der Waals surface area contributed by atoms with Gasteiger partial charge < -0.3 is 0 Å². The molecule has 0 spiro atoms. The molecule has 69 valence electrons. The molecule has 0 N–H and O–H groups in total. The quantitative estimate of drug-likeness (QED) is 0.507. The lowest BCUT2D eigenvalue weighted by Crippen LogP contribution is -1.91. The third-order valence-corrected chi connectivity index (χ3v) is 2.14. The van der Waals surface area contributed by atoms with Crippen LogP contribution in [0, 0.1) is 17.0 Å². The predicted molar refractivity (Wildman–Crippen MR) is 55.1 cm³/mol. The highest BCUT2D eigenvalue weighted by Crippen LogP contribution is 2.24. The number of hydrogen-bond acceptors (Lipinski definition) is 2. The van der Waals surface area contributed by atoms with Crippen molar-refractivity contribution in [2.24, 2.45) is 0 Å². The van der Waals surface area contributed by atoms with E-state index in [1.54, 1.807) is 12.1 Å². The fraction of sp³-hybridized carbons (Fsp3) is 0. The molecule has 0 unspecified atom stereocenters. The SMILES string of the molecule is [CH2]c1cc2ccccc2cc1[N+](=O)[O-]. The van der Waals surface area contributed by atoms with Gasteiger partial charge in [0.05, 0.1) is 4.92 Å². The van der Waals surface area contributed by atoms with Crippen LogP contribution in [0.5, 0.6) is 0 Å². The summed E-state index contributed by atoms with van der Waals surface area (Å²) in [6.07, 6.45) is 0. The molecule has 0 saturated heterocycles. The minimum Gasteiger partial charge on any atom is -0.258 e. The van der Waals surface area contributed by atoms with Crippen LogP contribution in [0.15, 0.2) is 36.4 Å². The molecule has 0 fully saturated rings. The Morgan fingerprint density at radius 2 is 1.71 bits per heavy atom. The minimum absolute atomic E-state index is 0.0729. The zero-order valence-electron chi connectivity index (χ0n) is 7.43. The van der Waals surface area contributed by atoms with Crippen LogP contribution < -0.4 is 0 Å². The predicted octanol–water partition coefficient (Wildman–Crippen LogP) is 2.93. The Labute approximate surface area is 81.1 Å². The smallest absolute Gasteiger partial charge is 0.258 e. The van der Waals surface area contributed by atoms with Crippen LogP contribution in [0.25, 0.3) is 10.8 Å². The molecule has 0 atom stereocenters. The van der Waals surface area contributed by atoms with E-state index in [1.807, 2.05) is 24.3 Å². The van der Waals surface area contributed by atoms with Crippen molar-refractivity contribution in [3.8, 4) is 0 Å². The van der Waals surface area contributed by atoms with E-state index in [-0.39, 0.29) is 5.69 Å². The van der Waals surface area contributed by atoms with E-state index in [4.69, 9.17) is 0 Å². The maximum atomic E-state index is 10.6. The van der Waals surface area contributed by atoms with Crippen LogP contribution >= 0.6 is 0 Å². The Bertz CT molecular complexity index is 506. The largest absolute Gasteiger partial charge is 0.273 e. The highest BCUT2D eigenvalue weighted by atomic mass is 16.6. The Morgan fingerprint density at radius 1 is 1.14 bits per heavy atom. The van der Waals surface area contributed by atoms with Gasteiger partial charge in [-0.15, -0.1) is 0 Å². The molecule has 0 amide bonds. The first kappa shape index (κ1) is 8.69. The summed E-state index contributed by atoms with van der Waals surface area (Å²) in [6, 6.07) is 10.8. The number of nitrogens with zero attached hydrogens (tertiary/aromatic N) is 1. The van der Waals surface area contributed by atoms with Crippen molar-refractivity contribution >= 4 is 16.5 Å². The van der Waals surface area contributed by atoms with E-state index in [2.05, 4.69) is 6.92 Å². The third kappa shape index (κ3) is 1.33. The second kappa shape index (κ2) is 3.10. The van der Waals surface area contributed by atoms with Gasteiger partial charge in [0.25, 0.3) is 5.69 Å². The maximum Gasteiger partial charge on any atom is 0.273 e. The average molecular weight is 186 g/mol. The summed E-state index contributed by atoms with van der Waals surface area (Å²) >= 11 is 0. The molecule has 2 rings (SSSR count). The molecule has 2 aromatic carbocycles. The van der Waals surface area contributed by atoms with E-state index in [9.17, 15) is 10.1 Å². The number of nitro groups is 1. The van der Waals surface area contributed by atoms with Crippen molar-refractivity contribution < 1.29 is 4.92 Å². The molecule has 1 radical (unpaired) electrons. The Morgan fingerprint density at radius 3 is 2.29 bits per heavy atom. The van der Waals surface area contributed by atoms with Crippen molar-refractivity contribution in [3.05, 3.63) is 59.0 Å². The summed E-state index contributed by atoms with van der Waals surface area (Å²) in [5.41, 5.74) is 0.525. The summed E-state index contributed by atoms with van der Waals surface area (Å²) in [5, 5.41) is 12.5.